The van der Waals surface area contributed by atoms with Crippen LogP contribution in [-0.4, -0.2) is 12.5 Å². The van der Waals surface area contributed by atoms with Gasteiger partial charge in [-0.3, -0.25) is 0 Å². The summed E-state index contributed by atoms with van der Waals surface area (Å²) in [5, 5.41) is 0. The van der Waals surface area contributed by atoms with E-state index >= 15 is 0 Å². The van der Waals surface area contributed by atoms with Crippen LogP contribution in [0.4, 0.5) is 17.6 Å². The van der Waals surface area contributed by atoms with E-state index in [1.54, 1.807) is 6.07 Å². The van der Waals surface area contributed by atoms with Crippen molar-refractivity contribution in [3.8, 4) is 5.75 Å². The van der Waals surface area contributed by atoms with Crippen LogP contribution in [0.25, 0.3) is 0 Å². The van der Waals surface area contributed by atoms with Crippen molar-refractivity contribution in [1.82, 2.24) is 0 Å². The van der Waals surface area contributed by atoms with Crippen molar-refractivity contribution in [3.63, 3.8) is 0 Å². The van der Waals surface area contributed by atoms with Crippen LogP contribution in [0.1, 0.15) is 0 Å². The number of hydrogen-bond acceptors (Lipinski definition) is 1. The fraction of sp³-hybridized carbons (Fsp3) is 0.250. The molecule has 0 fully saturated rings. The summed E-state index contributed by atoms with van der Waals surface area (Å²) >= 11 is 6.03. The molecule has 0 aromatic heterocycles. The Labute approximate surface area is 99.7 Å². The van der Waals surface area contributed by atoms with Gasteiger partial charge in [0, 0.05) is 8.95 Å². The van der Waals surface area contributed by atoms with Gasteiger partial charge in [0.2, 0.25) is 0 Å². The van der Waals surface area contributed by atoms with Crippen LogP contribution in [0.2, 0.25) is 0 Å². The van der Waals surface area contributed by atoms with Gasteiger partial charge in [-0.25, -0.2) is 0 Å². The lowest BCUT2D eigenvalue weighted by molar-refractivity contribution is -0.253. The lowest BCUT2D eigenvalue weighted by atomic mass is 10.3. The zero-order valence-electron chi connectivity index (χ0n) is 6.99. The van der Waals surface area contributed by atoms with E-state index < -0.39 is 12.5 Å². The minimum absolute atomic E-state index is 0.346. The van der Waals surface area contributed by atoms with E-state index in [1.807, 2.05) is 0 Å². The van der Waals surface area contributed by atoms with Gasteiger partial charge < -0.3 is 4.74 Å². The van der Waals surface area contributed by atoms with Crippen LogP contribution in [0, 0.1) is 0 Å². The second-order valence-electron chi connectivity index (χ2n) is 2.57. The molecule has 0 amide bonds. The first-order valence-electron chi connectivity index (χ1n) is 3.62. The smallest absolute Gasteiger partial charge is 0.428 e. The van der Waals surface area contributed by atoms with Crippen LogP contribution < -0.4 is 4.74 Å². The molecule has 0 bridgehead atoms. The predicted octanol–water partition coefficient (Wildman–Crippen LogP) is 4.45. The molecule has 0 atom stereocenters. The molecule has 0 unspecified atom stereocenters. The van der Waals surface area contributed by atoms with Gasteiger partial charge in [0.25, 0.3) is 0 Å². The van der Waals surface area contributed by atoms with Crippen molar-refractivity contribution in [3.05, 3.63) is 27.1 Å². The maximum Gasteiger partial charge on any atom is 0.461 e. The molecule has 0 N–H and O–H groups in total. The molecule has 1 aromatic carbocycles. The Morgan fingerprint density at radius 1 is 1.07 bits per heavy atom. The number of hydrogen-bond donors (Lipinski definition) is 0. The monoisotopic (exact) mass is 350 g/mol. The van der Waals surface area contributed by atoms with Crippen molar-refractivity contribution < 1.29 is 22.3 Å². The fourth-order valence-corrected chi connectivity index (χ4v) is 2.04. The third kappa shape index (κ3) is 3.64. The molecule has 1 aromatic rings. The zero-order chi connectivity index (χ0) is 11.6. The highest BCUT2D eigenvalue weighted by molar-refractivity contribution is 9.11. The maximum atomic E-state index is 12.5. The van der Waals surface area contributed by atoms with Gasteiger partial charge in [-0.1, -0.05) is 31.9 Å². The summed E-state index contributed by atoms with van der Waals surface area (Å²) in [5.74, 6) is -0.346. The lowest BCUT2D eigenvalue weighted by Crippen LogP contribution is -2.33. The third-order valence-electron chi connectivity index (χ3n) is 1.34. The van der Waals surface area contributed by atoms with Crippen molar-refractivity contribution in [2.24, 2.45) is 0 Å². The molecule has 0 saturated heterocycles. The molecule has 0 heterocycles. The molecule has 0 aliphatic heterocycles. The lowest BCUT2D eigenvalue weighted by Gasteiger charge is -2.17. The minimum Gasteiger partial charge on any atom is -0.428 e. The molecule has 84 valence electrons. The molecule has 0 aliphatic rings. The first-order chi connectivity index (χ1) is 6.81. The zero-order valence-corrected chi connectivity index (χ0v) is 10.2. The molecule has 0 saturated carbocycles. The predicted molar refractivity (Wildman–Crippen MR) is 53.4 cm³/mol. The van der Waals surface area contributed by atoms with E-state index in [4.69, 9.17) is 0 Å². The van der Waals surface area contributed by atoms with Gasteiger partial charge in [-0.15, -0.1) is 0 Å². The molecule has 0 aliphatic carbocycles. The summed E-state index contributed by atoms with van der Waals surface area (Å²) in [6, 6.07) is 3.90. The van der Waals surface area contributed by atoms with E-state index in [1.165, 1.54) is 12.1 Å². The highest BCUT2D eigenvalue weighted by Gasteiger charge is 2.44. The van der Waals surface area contributed by atoms with E-state index in [0.29, 0.717) is 8.95 Å². The Bertz CT molecular complexity index is 336. The summed E-state index contributed by atoms with van der Waals surface area (Å²) in [6.07, 6.45) is -8.35. The summed E-state index contributed by atoms with van der Waals surface area (Å²) < 4.78 is 53.4. The maximum absolute atomic E-state index is 12.5. The second kappa shape index (κ2) is 4.69. The molecular formula is C8H4Br2F4O. The van der Waals surface area contributed by atoms with Gasteiger partial charge in [0.1, 0.15) is 5.75 Å². The van der Waals surface area contributed by atoms with E-state index in [-0.39, 0.29) is 5.75 Å². The SMILES string of the molecule is FC(F)C(F)(F)Oc1cc(Br)cc(Br)c1. The Hall–Kier alpha value is -0.300. The molecular weight excluding hydrogens is 348 g/mol. The van der Waals surface area contributed by atoms with Crippen molar-refractivity contribution in [1.29, 1.82) is 0 Å². The third-order valence-corrected chi connectivity index (χ3v) is 2.26. The highest BCUT2D eigenvalue weighted by atomic mass is 79.9. The van der Waals surface area contributed by atoms with Gasteiger partial charge in [-0.05, 0) is 18.2 Å². The van der Waals surface area contributed by atoms with Crippen molar-refractivity contribution in [2.45, 2.75) is 12.5 Å². The van der Waals surface area contributed by atoms with Crippen LogP contribution >= 0.6 is 31.9 Å². The van der Waals surface area contributed by atoms with E-state index in [2.05, 4.69) is 36.6 Å². The second-order valence-corrected chi connectivity index (χ2v) is 4.40. The molecule has 1 nitrogen and oxygen atoms in total. The first kappa shape index (κ1) is 12.8. The van der Waals surface area contributed by atoms with E-state index in [0.717, 1.165) is 0 Å². The summed E-state index contributed by atoms with van der Waals surface area (Å²) in [5.41, 5.74) is 0. The average molecular weight is 352 g/mol. The van der Waals surface area contributed by atoms with Gasteiger partial charge in [0.15, 0.2) is 0 Å². The molecule has 0 radical (unpaired) electrons. The highest BCUT2D eigenvalue weighted by Crippen LogP contribution is 2.31. The minimum atomic E-state index is -4.49. The Balaban J connectivity index is 2.89. The topological polar surface area (TPSA) is 9.23 Å². The molecule has 15 heavy (non-hydrogen) atoms. The first-order valence-corrected chi connectivity index (χ1v) is 5.21. The summed E-state index contributed by atoms with van der Waals surface area (Å²) in [7, 11) is 0. The van der Waals surface area contributed by atoms with Crippen LogP contribution in [0.5, 0.6) is 5.75 Å². The van der Waals surface area contributed by atoms with E-state index in [9.17, 15) is 17.6 Å². The van der Waals surface area contributed by atoms with Crippen molar-refractivity contribution >= 4 is 31.9 Å². The number of benzene rings is 1. The Kier molecular flexibility index (Phi) is 3.99. The van der Waals surface area contributed by atoms with Crippen LogP contribution in [-0.2, 0) is 0 Å². The summed E-state index contributed by atoms with van der Waals surface area (Å²) in [6.45, 7) is 0. The van der Waals surface area contributed by atoms with Crippen LogP contribution in [0.3, 0.4) is 0 Å². The van der Waals surface area contributed by atoms with Crippen LogP contribution in [0.15, 0.2) is 27.1 Å². The molecule has 1 rings (SSSR count). The standard InChI is InChI=1S/C8H4Br2F4O/c9-4-1-5(10)3-6(2-4)15-8(13,14)7(11)12/h1-3,7H. The molecule has 0 spiro atoms. The largest absolute Gasteiger partial charge is 0.461 e. The Morgan fingerprint density at radius 3 is 1.93 bits per heavy atom. The fourth-order valence-electron chi connectivity index (χ4n) is 0.789. The van der Waals surface area contributed by atoms with Crippen molar-refractivity contribution in [2.75, 3.05) is 0 Å². The molecule has 7 heteroatoms. The van der Waals surface area contributed by atoms with Gasteiger partial charge >= 0.3 is 12.5 Å². The normalized spacial score (nSPS) is 11.9. The number of alkyl halides is 4. The van der Waals surface area contributed by atoms with Gasteiger partial charge in [0.05, 0.1) is 0 Å². The summed E-state index contributed by atoms with van der Waals surface area (Å²) in [4.78, 5) is 0. The Morgan fingerprint density at radius 2 is 1.53 bits per heavy atom. The quantitative estimate of drug-likeness (QED) is 0.731. The van der Waals surface area contributed by atoms with Gasteiger partial charge in [-0.2, -0.15) is 17.6 Å². The number of halogens is 6. The average Bonchev–Trinajstić information content (AvgIpc) is 1.99. The number of rotatable bonds is 3. The number of ether oxygens (including phenoxy) is 1.